The maximum Gasteiger partial charge on any atom is 0.209 e. The topological polar surface area (TPSA) is 64.9 Å². The summed E-state index contributed by atoms with van der Waals surface area (Å²) in [5.74, 6) is 1.79. The van der Waals surface area contributed by atoms with Gasteiger partial charge in [0.1, 0.15) is 5.75 Å². The number of ether oxygens (including phenoxy) is 1. The van der Waals surface area contributed by atoms with Crippen LogP contribution >= 0.6 is 43.6 Å². The van der Waals surface area contributed by atoms with Crippen molar-refractivity contribution in [2.45, 2.75) is 18.6 Å². The maximum absolute atomic E-state index is 5.71. The largest absolute Gasteiger partial charge is 0.492 e. The summed E-state index contributed by atoms with van der Waals surface area (Å²) in [5.41, 5.74) is 1.12. The highest BCUT2D eigenvalue weighted by Gasteiger charge is 2.10. The molecule has 9 heteroatoms. The molecule has 1 aromatic carbocycles. The monoisotopic (exact) mass is 449 g/mol. The number of aryl methyl sites for hydroxylation is 1. The van der Waals surface area contributed by atoms with Crippen molar-refractivity contribution in [1.82, 2.24) is 25.5 Å². The molecule has 0 radical (unpaired) electrons. The first-order valence-corrected chi connectivity index (χ1v) is 9.35. The molecule has 0 aliphatic rings. The molecule has 0 amide bonds. The Hall–Kier alpha value is -0.640. The summed E-state index contributed by atoms with van der Waals surface area (Å²) in [7, 11) is 1.84. The SMILES string of the molecule is CCOc1c(Br)cc(Br)cc1CNCCSc1nnnn1C. The lowest BCUT2D eigenvalue weighted by Crippen LogP contribution is -2.17. The fraction of sp³-hybridized carbons (Fsp3) is 0.462. The van der Waals surface area contributed by atoms with E-state index in [2.05, 4.69) is 58.8 Å². The van der Waals surface area contributed by atoms with Gasteiger partial charge in [-0.15, -0.1) is 5.10 Å². The third kappa shape index (κ3) is 4.94. The summed E-state index contributed by atoms with van der Waals surface area (Å²) in [6.45, 7) is 4.22. The normalized spacial score (nSPS) is 10.9. The van der Waals surface area contributed by atoms with E-state index in [0.717, 1.165) is 44.3 Å². The highest BCUT2D eigenvalue weighted by atomic mass is 79.9. The van der Waals surface area contributed by atoms with E-state index in [-0.39, 0.29) is 0 Å². The number of hydrogen-bond donors (Lipinski definition) is 1. The molecule has 6 nitrogen and oxygen atoms in total. The quantitative estimate of drug-likeness (QED) is 0.492. The number of aromatic nitrogens is 4. The lowest BCUT2D eigenvalue weighted by molar-refractivity contribution is 0.333. The number of nitrogens with one attached hydrogen (secondary N) is 1. The Morgan fingerprint density at radius 3 is 2.86 bits per heavy atom. The van der Waals surface area contributed by atoms with Crippen LogP contribution in [0.2, 0.25) is 0 Å². The summed E-state index contributed by atoms with van der Waals surface area (Å²) >= 11 is 8.68. The van der Waals surface area contributed by atoms with Gasteiger partial charge in [-0.3, -0.25) is 0 Å². The van der Waals surface area contributed by atoms with Gasteiger partial charge in [0.05, 0.1) is 11.1 Å². The second kappa shape index (κ2) is 8.85. The Balaban J connectivity index is 1.85. The Labute approximate surface area is 150 Å². The maximum atomic E-state index is 5.71. The molecule has 2 aromatic rings. The van der Waals surface area contributed by atoms with E-state index in [1.54, 1.807) is 16.4 Å². The van der Waals surface area contributed by atoms with E-state index in [4.69, 9.17) is 4.74 Å². The smallest absolute Gasteiger partial charge is 0.209 e. The second-order valence-electron chi connectivity index (χ2n) is 4.42. The van der Waals surface area contributed by atoms with Crippen LogP contribution < -0.4 is 10.1 Å². The van der Waals surface area contributed by atoms with E-state index >= 15 is 0 Å². The third-order valence-electron chi connectivity index (χ3n) is 2.78. The van der Waals surface area contributed by atoms with Crippen LogP contribution in [0.4, 0.5) is 0 Å². The van der Waals surface area contributed by atoms with E-state index < -0.39 is 0 Å². The molecule has 0 saturated heterocycles. The molecule has 1 aromatic heterocycles. The van der Waals surface area contributed by atoms with Gasteiger partial charge >= 0.3 is 0 Å². The summed E-state index contributed by atoms with van der Waals surface area (Å²) in [6, 6.07) is 4.06. The van der Waals surface area contributed by atoms with Crippen molar-refractivity contribution in [1.29, 1.82) is 0 Å². The highest BCUT2D eigenvalue weighted by Crippen LogP contribution is 2.32. The number of nitrogens with zero attached hydrogens (tertiary/aromatic N) is 4. The van der Waals surface area contributed by atoms with E-state index in [0.29, 0.717) is 6.61 Å². The Kier molecular flexibility index (Phi) is 7.13. The number of hydrogen-bond acceptors (Lipinski definition) is 6. The molecule has 0 aliphatic heterocycles. The lowest BCUT2D eigenvalue weighted by Gasteiger charge is -2.13. The van der Waals surface area contributed by atoms with Crippen LogP contribution in [0.3, 0.4) is 0 Å². The highest BCUT2D eigenvalue weighted by molar-refractivity contribution is 9.11. The van der Waals surface area contributed by atoms with Crippen molar-refractivity contribution in [3.05, 3.63) is 26.6 Å². The Morgan fingerprint density at radius 2 is 2.18 bits per heavy atom. The third-order valence-corrected chi connectivity index (χ3v) is 4.84. The molecule has 0 saturated carbocycles. The van der Waals surface area contributed by atoms with Crippen LogP contribution in [-0.2, 0) is 13.6 Å². The number of tetrazole rings is 1. The predicted molar refractivity (Wildman–Crippen MR) is 94.2 cm³/mol. The molecule has 1 heterocycles. The summed E-state index contributed by atoms with van der Waals surface area (Å²) in [4.78, 5) is 0. The van der Waals surface area contributed by atoms with E-state index in [9.17, 15) is 0 Å². The van der Waals surface area contributed by atoms with Crippen LogP contribution in [0, 0.1) is 0 Å². The van der Waals surface area contributed by atoms with E-state index in [1.807, 2.05) is 20.0 Å². The zero-order valence-corrected chi connectivity index (χ0v) is 16.3. The zero-order chi connectivity index (χ0) is 15.9. The first-order chi connectivity index (χ1) is 10.6. The van der Waals surface area contributed by atoms with Crippen LogP contribution in [-0.4, -0.2) is 39.1 Å². The molecule has 0 spiro atoms. The van der Waals surface area contributed by atoms with Gasteiger partial charge in [0, 0.05) is 35.9 Å². The number of benzene rings is 1. The van der Waals surface area contributed by atoms with Crippen molar-refractivity contribution < 1.29 is 4.74 Å². The fourth-order valence-corrected chi connectivity index (χ4v) is 4.01. The molecule has 22 heavy (non-hydrogen) atoms. The molecule has 120 valence electrons. The molecule has 0 aliphatic carbocycles. The van der Waals surface area contributed by atoms with Gasteiger partial charge in [-0.05, 0) is 45.4 Å². The second-order valence-corrected chi connectivity index (χ2v) is 7.25. The average molecular weight is 451 g/mol. The number of thioether (sulfide) groups is 1. The first kappa shape index (κ1) is 17.7. The molecule has 0 bridgehead atoms. The van der Waals surface area contributed by atoms with Crippen LogP contribution in [0.15, 0.2) is 26.2 Å². The van der Waals surface area contributed by atoms with Crippen molar-refractivity contribution in [3.8, 4) is 5.75 Å². The zero-order valence-electron chi connectivity index (χ0n) is 12.3. The molecule has 1 N–H and O–H groups in total. The first-order valence-electron chi connectivity index (χ1n) is 6.78. The van der Waals surface area contributed by atoms with Crippen molar-refractivity contribution in [3.63, 3.8) is 0 Å². The van der Waals surface area contributed by atoms with Gasteiger partial charge in [-0.2, -0.15) is 0 Å². The minimum absolute atomic E-state index is 0.641. The molecular formula is C13H17Br2N5OS. The van der Waals surface area contributed by atoms with Crippen molar-refractivity contribution in [2.24, 2.45) is 7.05 Å². The van der Waals surface area contributed by atoms with Gasteiger partial charge in [-0.25, -0.2) is 4.68 Å². The van der Waals surface area contributed by atoms with Crippen LogP contribution in [0.1, 0.15) is 12.5 Å². The van der Waals surface area contributed by atoms with Crippen molar-refractivity contribution >= 4 is 43.6 Å². The van der Waals surface area contributed by atoms with Crippen LogP contribution in [0.5, 0.6) is 5.75 Å². The number of halogens is 2. The lowest BCUT2D eigenvalue weighted by atomic mass is 10.2. The van der Waals surface area contributed by atoms with Crippen LogP contribution in [0.25, 0.3) is 0 Å². The average Bonchev–Trinajstić information content (AvgIpc) is 2.87. The summed E-state index contributed by atoms with van der Waals surface area (Å²) in [6.07, 6.45) is 0. The number of rotatable bonds is 8. The van der Waals surface area contributed by atoms with Gasteiger partial charge in [0.25, 0.3) is 0 Å². The minimum atomic E-state index is 0.641. The molecule has 2 rings (SSSR count). The summed E-state index contributed by atoms with van der Waals surface area (Å²) < 4.78 is 9.37. The Morgan fingerprint density at radius 1 is 1.36 bits per heavy atom. The molecular weight excluding hydrogens is 434 g/mol. The predicted octanol–water partition coefficient (Wildman–Crippen LogP) is 3.02. The van der Waals surface area contributed by atoms with Gasteiger partial charge in [0.15, 0.2) is 0 Å². The van der Waals surface area contributed by atoms with Gasteiger partial charge < -0.3 is 10.1 Å². The standard InChI is InChI=1S/C13H17Br2N5OS/c1-3-21-12-9(6-10(14)7-11(12)15)8-16-4-5-22-13-17-18-19-20(13)2/h6-7,16H,3-5,8H2,1-2H3. The molecule has 0 atom stereocenters. The van der Waals surface area contributed by atoms with Crippen molar-refractivity contribution in [2.75, 3.05) is 18.9 Å². The van der Waals surface area contributed by atoms with E-state index in [1.165, 1.54) is 0 Å². The van der Waals surface area contributed by atoms with Gasteiger partial charge in [0.2, 0.25) is 5.16 Å². The summed E-state index contributed by atoms with van der Waals surface area (Å²) in [5, 5.41) is 15.6. The molecule has 0 fully saturated rings. The fourth-order valence-electron chi connectivity index (χ4n) is 1.83. The Bertz CT molecular complexity index is 622. The van der Waals surface area contributed by atoms with Gasteiger partial charge in [-0.1, -0.05) is 27.7 Å². The minimum Gasteiger partial charge on any atom is -0.492 e. The molecule has 0 unspecified atom stereocenters.